The Balaban J connectivity index is -0.000000149. The number of aromatic hydroxyl groups is 1. The van der Waals surface area contributed by atoms with Crippen LogP contribution in [-0.4, -0.2) is 84.7 Å². The van der Waals surface area contributed by atoms with Crippen LogP contribution < -0.4 is 113 Å². The van der Waals surface area contributed by atoms with Gasteiger partial charge in [-0.25, -0.2) is 4.79 Å². The number of hydrogen-bond donors (Lipinski definition) is 3. The van der Waals surface area contributed by atoms with Crippen LogP contribution in [0.25, 0.3) is 0 Å². The van der Waals surface area contributed by atoms with Gasteiger partial charge in [0.1, 0.15) is 30.0 Å². The SMILES string of the molecule is COC(=O)CBr.COC(=O)COc1ccc(C(=O)CO)cc1.O=C(CO)c1ccc(O)cc1.O=CO[O-].[H-].[K+].[K+]. The molecule has 2 aromatic carbocycles. The first-order valence-corrected chi connectivity index (χ1v) is 11.0. The van der Waals surface area contributed by atoms with Gasteiger partial charge >= 0.3 is 115 Å². The first-order valence-electron chi connectivity index (χ1n) is 9.85. The summed E-state index contributed by atoms with van der Waals surface area (Å²) in [7, 11) is 2.62. The van der Waals surface area contributed by atoms with Crippen molar-refractivity contribution in [2.75, 3.05) is 39.4 Å². The number of aliphatic hydroxyl groups excluding tert-OH is 2. The molecule has 3 N–H and O–H groups in total. The summed E-state index contributed by atoms with van der Waals surface area (Å²) in [6, 6.07) is 11.9. The second-order valence-corrected chi connectivity index (χ2v) is 6.56. The Labute approximate surface area is 319 Å². The number of phenols is 1. The minimum atomic E-state index is -0.525. The second-order valence-electron chi connectivity index (χ2n) is 6.00. The van der Waals surface area contributed by atoms with Crippen molar-refractivity contribution in [3.05, 3.63) is 59.7 Å². The van der Waals surface area contributed by atoms with Crippen LogP contribution in [0, 0.1) is 0 Å². The Hall–Kier alpha value is -0.577. The van der Waals surface area contributed by atoms with E-state index in [1.165, 1.54) is 50.6 Å². The number of alkyl halides is 1. The number of halogens is 1. The zero-order valence-corrected chi connectivity index (χ0v) is 29.7. The third-order valence-corrected chi connectivity index (χ3v) is 4.07. The summed E-state index contributed by atoms with van der Waals surface area (Å²) in [5.41, 5.74) is 0.804. The molecule has 0 aliphatic rings. The quantitative estimate of drug-likeness (QED) is 0.0433. The molecule has 0 saturated heterocycles. The Morgan fingerprint density at radius 2 is 1.23 bits per heavy atom. The molecular formula is C23H27BrK2O13. The minimum Gasteiger partial charge on any atom is -1.00 e. The van der Waals surface area contributed by atoms with E-state index in [-0.39, 0.29) is 146 Å². The summed E-state index contributed by atoms with van der Waals surface area (Å²) in [5.74, 6) is -0.852. The third kappa shape index (κ3) is 24.9. The number of Topliss-reactive ketones (excluding diaryl/α,β-unsaturated/α-hetero) is 2. The van der Waals surface area contributed by atoms with Gasteiger partial charge in [0.15, 0.2) is 18.2 Å². The molecule has 2 rings (SSSR count). The summed E-state index contributed by atoms with van der Waals surface area (Å²) >= 11 is 2.90. The second kappa shape index (κ2) is 30.4. The van der Waals surface area contributed by atoms with Crippen LogP contribution >= 0.6 is 15.9 Å². The number of ketones is 2. The zero-order chi connectivity index (χ0) is 28.6. The molecule has 0 amide bonds. The van der Waals surface area contributed by atoms with Crippen LogP contribution in [-0.2, 0) is 28.7 Å². The van der Waals surface area contributed by atoms with Gasteiger partial charge in [0, 0.05) is 11.1 Å². The molecule has 0 fully saturated rings. The van der Waals surface area contributed by atoms with Gasteiger partial charge in [0.05, 0.1) is 14.2 Å². The molecule has 0 aromatic heterocycles. The molecular weight excluding hydrogens is 642 g/mol. The molecule has 2 aromatic rings. The van der Waals surface area contributed by atoms with E-state index in [0.717, 1.165) is 0 Å². The smallest absolute Gasteiger partial charge is 1.00 e. The van der Waals surface area contributed by atoms with E-state index in [0.29, 0.717) is 16.9 Å². The van der Waals surface area contributed by atoms with Gasteiger partial charge in [-0.2, -0.15) is 0 Å². The van der Waals surface area contributed by atoms with Crippen molar-refractivity contribution in [3.8, 4) is 11.5 Å². The van der Waals surface area contributed by atoms with Crippen LogP contribution in [0.5, 0.6) is 11.5 Å². The van der Waals surface area contributed by atoms with Crippen molar-refractivity contribution in [1.82, 2.24) is 0 Å². The number of benzene rings is 2. The molecule has 39 heavy (non-hydrogen) atoms. The van der Waals surface area contributed by atoms with Crippen molar-refractivity contribution >= 4 is 45.9 Å². The number of methoxy groups -OCH3 is 2. The summed E-state index contributed by atoms with van der Waals surface area (Å²) in [4.78, 5) is 53.8. The number of carbonyl (C=O) groups excluding carboxylic acids is 5. The summed E-state index contributed by atoms with van der Waals surface area (Å²) < 4.78 is 13.7. The predicted octanol–water partition coefficient (Wildman–Crippen LogP) is -5.91. The Kier molecular flexibility index (Phi) is 35.4. The zero-order valence-electron chi connectivity index (χ0n) is 22.8. The standard InChI is InChI=1S/C11H12O5.C8H8O3.C3H5BrO2.CH2O3.2K.H/c1-15-11(14)7-16-9-4-2-8(3-5-9)10(13)6-12;9-5-8(11)6-1-3-7(10)4-2-6;1-6-3(5)2-4;2-1-4-3;;;/h2-5,12H,6-7H2,1H3;1-4,9-10H,5H2;2H2,1H3;1,3H;;;/q;;;;2*+1;-1/p-1. The van der Waals surface area contributed by atoms with Gasteiger partial charge in [0.25, 0.3) is 6.47 Å². The maximum atomic E-state index is 11.1. The van der Waals surface area contributed by atoms with E-state index in [1.807, 2.05) is 0 Å². The van der Waals surface area contributed by atoms with Crippen LogP contribution in [0.15, 0.2) is 48.5 Å². The summed E-state index contributed by atoms with van der Waals surface area (Å²) in [6.45, 7) is -1.38. The van der Waals surface area contributed by atoms with Gasteiger partial charge in [-0.1, -0.05) is 15.9 Å². The van der Waals surface area contributed by atoms with Crippen LogP contribution in [0.4, 0.5) is 0 Å². The van der Waals surface area contributed by atoms with E-state index in [4.69, 9.17) is 30.1 Å². The Bertz CT molecular complexity index is 956. The number of aliphatic hydroxyl groups is 2. The van der Waals surface area contributed by atoms with E-state index in [1.54, 1.807) is 12.1 Å². The number of rotatable bonds is 9. The fourth-order valence-electron chi connectivity index (χ4n) is 1.82. The molecule has 0 saturated carbocycles. The molecule has 206 valence electrons. The average Bonchev–Trinajstić information content (AvgIpc) is 2.95. The number of hydrogen-bond acceptors (Lipinski definition) is 13. The summed E-state index contributed by atoms with van der Waals surface area (Å²) in [6.07, 6.45) is 0. The molecule has 0 unspecified atom stereocenters. The van der Waals surface area contributed by atoms with E-state index >= 15 is 0 Å². The first kappa shape index (κ1) is 45.4. The van der Waals surface area contributed by atoms with Crippen molar-refractivity contribution in [3.63, 3.8) is 0 Å². The number of phenolic OH excluding ortho intramolecular Hbond substituents is 1. The molecule has 0 aliphatic heterocycles. The van der Waals surface area contributed by atoms with Crippen LogP contribution in [0.3, 0.4) is 0 Å². The van der Waals surface area contributed by atoms with E-state index in [9.17, 15) is 19.2 Å². The van der Waals surface area contributed by atoms with Gasteiger partial charge in [-0.3, -0.25) is 19.2 Å². The van der Waals surface area contributed by atoms with Gasteiger partial charge in [-0.05, 0) is 48.5 Å². The van der Waals surface area contributed by atoms with E-state index in [2.05, 4.69) is 30.3 Å². The molecule has 0 aliphatic carbocycles. The largest absolute Gasteiger partial charge is 1.00 e. The molecule has 0 atom stereocenters. The maximum absolute atomic E-state index is 11.1. The van der Waals surface area contributed by atoms with Gasteiger partial charge < -0.3 is 41.1 Å². The van der Waals surface area contributed by atoms with Crippen LogP contribution in [0.1, 0.15) is 22.1 Å². The first-order chi connectivity index (χ1) is 17.6. The summed E-state index contributed by atoms with van der Waals surface area (Å²) in [5, 5.41) is 34.6. The molecule has 0 spiro atoms. The average molecular weight is 670 g/mol. The minimum absolute atomic E-state index is 0. The molecule has 13 nitrogen and oxygen atoms in total. The van der Waals surface area contributed by atoms with Crippen molar-refractivity contribution in [2.45, 2.75) is 0 Å². The molecule has 0 heterocycles. The van der Waals surface area contributed by atoms with Gasteiger partial charge in [-0.15, -0.1) is 0 Å². The van der Waals surface area contributed by atoms with Crippen molar-refractivity contribution in [2.24, 2.45) is 0 Å². The third-order valence-electron chi connectivity index (χ3n) is 3.61. The van der Waals surface area contributed by atoms with Crippen molar-refractivity contribution < 1.29 is 168 Å². The Morgan fingerprint density at radius 3 is 1.51 bits per heavy atom. The number of carbonyl (C=O) groups is 5. The van der Waals surface area contributed by atoms with Crippen molar-refractivity contribution in [1.29, 1.82) is 0 Å². The fourth-order valence-corrected chi connectivity index (χ4v) is 2.05. The number of esters is 2. The molecule has 16 heteroatoms. The number of ether oxygens (including phenoxy) is 3. The Morgan fingerprint density at radius 1 is 0.846 bits per heavy atom. The predicted molar refractivity (Wildman–Crippen MR) is 129 cm³/mol. The van der Waals surface area contributed by atoms with Crippen LogP contribution in [0.2, 0.25) is 0 Å². The maximum Gasteiger partial charge on any atom is 1.00 e. The monoisotopic (exact) mass is 668 g/mol. The van der Waals surface area contributed by atoms with E-state index < -0.39 is 19.2 Å². The normalized spacial score (nSPS) is 8.36. The topological polar surface area (TPSA) is 206 Å². The molecule has 0 bridgehead atoms. The fraction of sp³-hybridized carbons (Fsp3) is 0.261. The molecule has 0 radical (unpaired) electrons. The van der Waals surface area contributed by atoms with Gasteiger partial charge in [0.2, 0.25) is 0 Å².